The van der Waals surface area contributed by atoms with Crippen LogP contribution in [0.2, 0.25) is 5.02 Å². The first-order valence-electron chi connectivity index (χ1n) is 9.87. The van der Waals surface area contributed by atoms with Crippen LogP contribution in [0.5, 0.6) is 0 Å². The maximum absolute atomic E-state index is 12.8. The monoisotopic (exact) mass is 442 g/mol. The van der Waals surface area contributed by atoms with E-state index in [0.717, 1.165) is 59.4 Å². The number of halogens is 4. The van der Waals surface area contributed by atoms with E-state index in [9.17, 15) is 13.2 Å². The van der Waals surface area contributed by atoms with Crippen molar-refractivity contribution in [2.75, 3.05) is 6.54 Å². The first kappa shape index (κ1) is 20.0. The molecular weight excluding hydrogens is 425 g/mol. The van der Waals surface area contributed by atoms with Gasteiger partial charge < -0.3 is 4.98 Å². The molecule has 3 heterocycles. The van der Waals surface area contributed by atoms with Crippen LogP contribution in [0.4, 0.5) is 13.2 Å². The maximum atomic E-state index is 12.8. The predicted octanol–water partition coefficient (Wildman–Crippen LogP) is 5.86. The molecular formula is C23H18ClF3N4. The molecule has 0 fully saturated rings. The van der Waals surface area contributed by atoms with Gasteiger partial charge >= 0.3 is 6.18 Å². The SMILES string of the molecule is FC(F)(F)c1ccc(-c2ncc3c(n2)CN(Cc2c[nH]c4ccc(Cl)cc24)CC3)cc1. The van der Waals surface area contributed by atoms with Crippen LogP contribution < -0.4 is 0 Å². The van der Waals surface area contributed by atoms with E-state index < -0.39 is 11.7 Å². The summed E-state index contributed by atoms with van der Waals surface area (Å²) in [6, 6.07) is 10.8. The van der Waals surface area contributed by atoms with Crippen molar-refractivity contribution in [3.05, 3.63) is 82.3 Å². The van der Waals surface area contributed by atoms with E-state index in [1.807, 2.05) is 24.4 Å². The van der Waals surface area contributed by atoms with Crippen molar-refractivity contribution in [1.82, 2.24) is 19.9 Å². The number of alkyl halides is 3. The fourth-order valence-corrected chi connectivity index (χ4v) is 4.13. The quantitative estimate of drug-likeness (QED) is 0.432. The van der Waals surface area contributed by atoms with E-state index >= 15 is 0 Å². The molecule has 2 aromatic heterocycles. The Bertz CT molecular complexity index is 1250. The van der Waals surface area contributed by atoms with E-state index in [2.05, 4.69) is 19.9 Å². The third-order valence-corrected chi connectivity index (χ3v) is 5.85. The Balaban J connectivity index is 1.37. The lowest BCUT2D eigenvalue weighted by Gasteiger charge is -2.27. The molecule has 0 saturated carbocycles. The van der Waals surface area contributed by atoms with Gasteiger partial charge in [-0.15, -0.1) is 0 Å². The van der Waals surface area contributed by atoms with Crippen LogP contribution in [0.25, 0.3) is 22.3 Å². The molecule has 5 rings (SSSR count). The van der Waals surface area contributed by atoms with Crippen molar-refractivity contribution in [1.29, 1.82) is 0 Å². The number of aromatic nitrogens is 3. The van der Waals surface area contributed by atoms with Crippen LogP contribution in [0.3, 0.4) is 0 Å². The molecule has 1 aliphatic rings. The standard InChI is InChI=1S/C23H18ClF3N4/c24-18-5-6-20-19(9-18)16(11-28-20)12-31-8-7-15-10-29-22(30-21(15)13-31)14-1-3-17(4-2-14)23(25,26)27/h1-6,9-11,28H,7-8,12-13H2. The Hall–Kier alpha value is -2.90. The highest BCUT2D eigenvalue weighted by Gasteiger charge is 2.30. The topological polar surface area (TPSA) is 44.8 Å². The molecule has 0 radical (unpaired) electrons. The normalized spacial score (nSPS) is 14.7. The second-order valence-corrected chi connectivity index (χ2v) is 8.14. The number of hydrogen-bond acceptors (Lipinski definition) is 3. The zero-order valence-corrected chi connectivity index (χ0v) is 17.1. The van der Waals surface area contributed by atoms with Crippen molar-refractivity contribution < 1.29 is 13.2 Å². The Kier molecular flexibility index (Phi) is 4.95. The van der Waals surface area contributed by atoms with Gasteiger partial charge in [0.05, 0.1) is 11.3 Å². The summed E-state index contributed by atoms with van der Waals surface area (Å²) in [6.45, 7) is 2.28. The first-order chi connectivity index (χ1) is 14.9. The summed E-state index contributed by atoms with van der Waals surface area (Å²) in [4.78, 5) is 14.6. The van der Waals surface area contributed by atoms with Gasteiger partial charge in [-0.25, -0.2) is 9.97 Å². The first-order valence-corrected chi connectivity index (χ1v) is 10.2. The Labute approximate surface area is 181 Å². The summed E-state index contributed by atoms with van der Waals surface area (Å²) in [5, 5.41) is 1.80. The number of rotatable bonds is 3. The molecule has 31 heavy (non-hydrogen) atoms. The Morgan fingerprint density at radius 2 is 1.90 bits per heavy atom. The van der Waals surface area contributed by atoms with Crippen LogP contribution in [-0.4, -0.2) is 26.4 Å². The zero-order valence-electron chi connectivity index (χ0n) is 16.4. The van der Waals surface area contributed by atoms with Gasteiger partial charge in [0.15, 0.2) is 5.82 Å². The maximum Gasteiger partial charge on any atom is 0.416 e. The molecule has 1 N–H and O–H groups in total. The van der Waals surface area contributed by atoms with Crippen molar-refractivity contribution in [2.45, 2.75) is 25.7 Å². The minimum absolute atomic E-state index is 0.438. The third kappa shape index (κ3) is 4.03. The highest BCUT2D eigenvalue weighted by Crippen LogP contribution is 2.31. The summed E-state index contributed by atoms with van der Waals surface area (Å²) in [6.07, 6.45) is 0.260. The number of fused-ring (bicyclic) bond motifs is 2. The minimum Gasteiger partial charge on any atom is -0.361 e. The third-order valence-electron chi connectivity index (χ3n) is 5.62. The lowest BCUT2D eigenvalue weighted by molar-refractivity contribution is -0.137. The van der Waals surface area contributed by atoms with Gasteiger partial charge in [0.1, 0.15) is 0 Å². The van der Waals surface area contributed by atoms with E-state index in [4.69, 9.17) is 11.6 Å². The summed E-state index contributed by atoms with van der Waals surface area (Å²) >= 11 is 6.16. The van der Waals surface area contributed by atoms with E-state index in [1.165, 1.54) is 12.1 Å². The fourth-order valence-electron chi connectivity index (χ4n) is 3.96. The molecule has 0 amide bonds. The van der Waals surface area contributed by atoms with E-state index in [1.54, 1.807) is 6.20 Å². The molecule has 4 aromatic rings. The Morgan fingerprint density at radius 1 is 1.10 bits per heavy atom. The van der Waals surface area contributed by atoms with Crippen molar-refractivity contribution in [2.24, 2.45) is 0 Å². The second-order valence-electron chi connectivity index (χ2n) is 7.71. The van der Waals surface area contributed by atoms with Crippen molar-refractivity contribution >= 4 is 22.5 Å². The lowest BCUT2D eigenvalue weighted by Crippen LogP contribution is -2.31. The van der Waals surface area contributed by atoms with Gasteiger partial charge in [-0.2, -0.15) is 13.2 Å². The summed E-state index contributed by atoms with van der Waals surface area (Å²) in [5.41, 5.74) is 4.09. The van der Waals surface area contributed by atoms with Gasteiger partial charge in [-0.3, -0.25) is 4.90 Å². The van der Waals surface area contributed by atoms with E-state index in [-0.39, 0.29) is 0 Å². The molecule has 0 bridgehead atoms. The molecule has 0 unspecified atom stereocenters. The van der Waals surface area contributed by atoms with Crippen LogP contribution in [0, 0.1) is 0 Å². The number of nitrogens with one attached hydrogen (secondary N) is 1. The summed E-state index contributed by atoms with van der Waals surface area (Å²) in [7, 11) is 0. The van der Waals surface area contributed by atoms with Gasteiger partial charge in [-0.05, 0) is 47.9 Å². The highest BCUT2D eigenvalue weighted by molar-refractivity contribution is 6.31. The van der Waals surface area contributed by atoms with Crippen molar-refractivity contribution in [3.63, 3.8) is 0 Å². The molecule has 2 aromatic carbocycles. The Morgan fingerprint density at radius 3 is 2.68 bits per heavy atom. The number of nitrogens with zero attached hydrogens (tertiary/aromatic N) is 3. The smallest absolute Gasteiger partial charge is 0.361 e. The molecule has 0 saturated heterocycles. The van der Waals surface area contributed by atoms with Crippen LogP contribution in [-0.2, 0) is 25.7 Å². The molecule has 8 heteroatoms. The van der Waals surface area contributed by atoms with Crippen LogP contribution in [0.15, 0.2) is 54.9 Å². The lowest BCUT2D eigenvalue weighted by atomic mass is 10.0. The minimum atomic E-state index is -4.36. The molecule has 0 atom stereocenters. The average Bonchev–Trinajstić information content (AvgIpc) is 3.14. The average molecular weight is 443 g/mol. The predicted molar refractivity (Wildman–Crippen MR) is 114 cm³/mol. The molecule has 0 aliphatic carbocycles. The van der Waals surface area contributed by atoms with Gasteiger partial charge in [-0.1, -0.05) is 23.7 Å². The largest absolute Gasteiger partial charge is 0.416 e. The molecule has 0 spiro atoms. The summed E-state index contributed by atoms with van der Waals surface area (Å²) < 4.78 is 38.5. The highest BCUT2D eigenvalue weighted by atomic mass is 35.5. The number of benzene rings is 2. The molecule has 4 nitrogen and oxygen atoms in total. The number of hydrogen-bond donors (Lipinski definition) is 1. The van der Waals surface area contributed by atoms with Gasteiger partial charge in [0.2, 0.25) is 0 Å². The van der Waals surface area contributed by atoms with Crippen molar-refractivity contribution in [3.8, 4) is 11.4 Å². The van der Waals surface area contributed by atoms with Gasteiger partial charge in [0, 0.05) is 53.5 Å². The van der Waals surface area contributed by atoms with Gasteiger partial charge in [0.25, 0.3) is 0 Å². The van der Waals surface area contributed by atoms with E-state index in [0.29, 0.717) is 23.0 Å². The second kappa shape index (κ2) is 7.66. The summed E-state index contributed by atoms with van der Waals surface area (Å²) in [5.74, 6) is 0.438. The zero-order chi connectivity index (χ0) is 21.6. The van der Waals surface area contributed by atoms with Crippen LogP contribution >= 0.6 is 11.6 Å². The molecule has 1 aliphatic heterocycles. The van der Waals surface area contributed by atoms with Crippen LogP contribution in [0.1, 0.15) is 22.4 Å². The number of H-pyrrole nitrogens is 1. The fraction of sp³-hybridized carbons (Fsp3) is 0.217. The molecule has 158 valence electrons. The number of aromatic amines is 1.